The third-order valence-corrected chi connectivity index (χ3v) is 3.45. The van der Waals surface area contributed by atoms with Crippen LogP contribution in [0.3, 0.4) is 0 Å². The first-order valence-electron chi connectivity index (χ1n) is 6.36. The van der Waals surface area contributed by atoms with Crippen LogP contribution < -0.4 is 0 Å². The molecule has 1 atom stereocenters. The highest BCUT2D eigenvalue weighted by atomic mass is 19.1. The van der Waals surface area contributed by atoms with E-state index in [0.29, 0.717) is 19.4 Å². The summed E-state index contributed by atoms with van der Waals surface area (Å²) in [5, 5.41) is 19.7. The molecule has 0 unspecified atom stereocenters. The fourth-order valence-electron chi connectivity index (χ4n) is 2.32. The fraction of sp³-hybridized carbons (Fsp3) is 0.385. The van der Waals surface area contributed by atoms with E-state index in [2.05, 4.69) is 0 Å². The summed E-state index contributed by atoms with van der Waals surface area (Å²) < 4.78 is 13.7. The summed E-state index contributed by atoms with van der Waals surface area (Å²) >= 11 is 0. The van der Waals surface area contributed by atoms with Crippen LogP contribution in [0, 0.1) is 21.8 Å². The van der Waals surface area contributed by atoms with E-state index in [-0.39, 0.29) is 12.2 Å². The zero-order chi connectivity index (χ0) is 15.6. The second-order valence-corrected chi connectivity index (χ2v) is 4.85. The smallest absolute Gasteiger partial charge is 0.308 e. The number of nitro benzene ring substituents is 1. The Hall–Kier alpha value is -2.51. The lowest BCUT2D eigenvalue weighted by molar-refractivity contribution is -0.384. The molecule has 1 amide bonds. The molecule has 1 N–H and O–H groups in total. The predicted molar refractivity (Wildman–Crippen MR) is 69.3 cm³/mol. The number of nitrogens with zero attached hydrogens (tertiary/aromatic N) is 2. The van der Waals surface area contributed by atoms with E-state index in [9.17, 15) is 24.1 Å². The van der Waals surface area contributed by atoms with Gasteiger partial charge in [-0.15, -0.1) is 0 Å². The molecule has 8 heteroatoms. The van der Waals surface area contributed by atoms with Crippen molar-refractivity contribution in [1.82, 2.24) is 4.90 Å². The van der Waals surface area contributed by atoms with Gasteiger partial charge in [0.05, 0.1) is 16.4 Å². The van der Waals surface area contributed by atoms with Crippen LogP contribution in [0.2, 0.25) is 0 Å². The summed E-state index contributed by atoms with van der Waals surface area (Å²) in [6.45, 7) is 0.293. The number of carboxylic acids is 1. The number of rotatable bonds is 3. The maximum atomic E-state index is 13.7. The maximum Gasteiger partial charge on any atom is 0.308 e. The Balaban J connectivity index is 2.25. The van der Waals surface area contributed by atoms with E-state index >= 15 is 0 Å². The number of hydrogen-bond donors (Lipinski definition) is 1. The van der Waals surface area contributed by atoms with Gasteiger partial charge in [-0.3, -0.25) is 19.7 Å². The molecule has 0 radical (unpaired) electrons. The molecule has 1 aromatic rings. The van der Waals surface area contributed by atoms with E-state index in [1.807, 2.05) is 0 Å². The van der Waals surface area contributed by atoms with Crippen LogP contribution in [0.1, 0.15) is 23.2 Å². The Morgan fingerprint density at radius 1 is 1.43 bits per heavy atom. The Kier molecular flexibility index (Phi) is 4.15. The first kappa shape index (κ1) is 14.9. The number of amides is 1. The van der Waals surface area contributed by atoms with E-state index in [4.69, 9.17) is 5.11 Å². The maximum absolute atomic E-state index is 13.7. The number of halogens is 1. The molecule has 112 valence electrons. The third-order valence-electron chi connectivity index (χ3n) is 3.45. The van der Waals surface area contributed by atoms with Crippen molar-refractivity contribution in [3.8, 4) is 0 Å². The lowest BCUT2D eigenvalue weighted by Gasteiger charge is -2.30. The standard InChI is InChI=1S/C13H13FN2O5/c14-11-4-3-9(16(20)21)6-10(11)12(17)15-5-1-2-8(7-15)13(18)19/h3-4,6,8H,1-2,5,7H2,(H,18,19)/t8-/m1/s1. The topological polar surface area (TPSA) is 101 Å². The molecule has 1 heterocycles. The van der Waals surface area contributed by atoms with Crippen molar-refractivity contribution in [3.05, 3.63) is 39.7 Å². The molecule has 21 heavy (non-hydrogen) atoms. The van der Waals surface area contributed by atoms with Crippen molar-refractivity contribution in [1.29, 1.82) is 0 Å². The minimum absolute atomic E-state index is 0.0176. The molecule has 1 aliphatic rings. The van der Waals surface area contributed by atoms with E-state index < -0.39 is 34.1 Å². The monoisotopic (exact) mass is 296 g/mol. The largest absolute Gasteiger partial charge is 0.481 e. The summed E-state index contributed by atoms with van der Waals surface area (Å²) in [7, 11) is 0. The Morgan fingerprint density at radius 3 is 2.76 bits per heavy atom. The first-order chi connectivity index (χ1) is 9.90. The van der Waals surface area contributed by atoms with Crippen LogP contribution in [0.5, 0.6) is 0 Å². The number of carbonyl (C=O) groups is 2. The van der Waals surface area contributed by atoms with E-state index in [0.717, 1.165) is 18.2 Å². The number of nitro groups is 1. The number of carbonyl (C=O) groups excluding carboxylic acids is 1. The number of non-ortho nitro benzene ring substituents is 1. The van der Waals surface area contributed by atoms with Gasteiger partial charge in [0.25, 0.3) is 11.6 Å². The lowest BCUT2D eigenvalue weighted by atomic mass is 9.97. The molecule has 1 fully saturated rings. The number of aliphatic carboxylic acids is 1. The number of piperidine rings is 1. The Bertz CT molecular complexity index is 604. The summed E-state index contributed by atoms with van der Waals surface area (Å²) in [6, 6.07) is 2.72. The van der Waals surface area contributed by atoms with Crippen LogP contribution in [0.15, 0.2) is 18.2 Å². The van der Waals surface area contributed by atoms with Crippen molar-refractivity contribution in [2.75, 3.05) is 13.1 Å². The van der Waals surface area contributed by atoms with Gasteiger partial charge in [0.2, 0.25) is 0 Å². The SMILES string of the molecule is O=C(O)[C@@H]1CCCN(C(=O)c2cc([N+](=O)[O-])ccc2F)C1. The molecular formula is C13H13FN2O5. The number of likely N-dealkylation sites (tertiary alicyclic amines) is 1. The van der Waals surface area contributed by atoms with Gasteiger partial charge < -0.3 is 10.0 Å². The van der Waals surface area contributed by atoms with Crippen LogP contribution >= 0.6 is 0 Å². The summed E-state index contributed by atoms with van der Waals surface area (Å²) in [5.41, 5.74) is -0.790. The highest BCUT2D eigenvalue weighted by Gasteiger charge is 2.30. The van der Waals surface area contributed by atoms with Gasteiger partial charge in [-0.05, 0) is 18.9 Å². The van der Waals surface area contributed by atoms with Crippen LogP contribution in [-0.4, -0.2) is 39.9 Å². The average Bonchev–Trinajstić information content (AvgIpc) is 2.47. The molecule has 1 aromatic carbocycles. The van der Waals surface area contributed by atoms with Gasteiger partial charge in [0, 0.05) is 25.2 Å². The third kappa shape index (κ3) is 3.15. The first-order valence-corrected chi connectivity index (χ1v) is 6.36. The molecule has 0 saturated carbocycles. The Labute approximate surface area is 119 Å². The van der Waals surface area contributed by atoms with Gasteiger partial charge in [-0.2, -0.15) is 0 Å². The van der Waals surface area contributed by atoms with Gasteiger partial charge in [0.1, 0.15) is 5.82 Å². The molecule has 0 aliphatic carbocycles. The van der Waals surface area contributed by atoms with Crippen molar-refractivity contribution in [3.63, 3.8) is 0 Å². The van der Waals surface area contributed by atoms with Crippen LogP contribution in [-0.2, 0) is 4.79 Å². The number of carboxylic acid groups (broad SMARTS) is 1. The van der Waals surface area contributed by atoms with Gasteiger partial charge in [-0.25, -0.2) is 4.39 Å². The molecule has 0 bridgehead atoms. The lowest BCUT2D eigenvalue weighted by Crippen LogP contribution is -2.42. The van der Waals surface area contributed by atoms with Crippen molar-refractivity contribution < 1.29 is 24.0 Å². The average molecular weight is 296 g/mol. The molecule has 0 spiro atoms. The second kappa shape index (κ2) is 5.86. The minimum Gasteiger partial charge on any atom is -0.481 e. The molecule has 0 aromatic heterocycles. The minimum atomic E-state index is -1.01. The number of benzene rings is 1. The highest BCUT2D eigenvalue weighted by Crippen LogP contribution is 2.22. The van der Waals surface area contributed by atoms with E-state index in [1.165, 1.54) is 4.90 Å². The molecule has 1 aliphatic heterocycles. The predicted octanol–water partition coefficient (Wildman–Crippen LogP) is 1.67. The Morgan fingerprint density at radius 2 is 2.14 bits per heavy atom. The number of hydrogen-bond acceptors (Lipinski definition) is 4. The second-order valence-electron chi connectivity index (χ2n) is 4.85. The summed E-state index contributed by atoms with van der Waals surface area (Å²) in [6.07, 6.45) is 0.954. The van der Waals surface area contributed by atoms with E-state index in [1.54, 1.807) is 0 Å². The van der Waals surface area contributed by atoms with Crippen molar-refractivity contribution >= 4 is 17.6 Å². The van der Waals surface area contributed by atoms with Crippen LogP contribution in [0.4, 0.5) is 10.1 Å². The quantitative estimate of drug-likeness (QED) is 0.675. The van der Waals surface area contributed by atoms with Crippen molar-refractivity contribution in [2.45, 2.75) is 12.8 Å². The van der Waals surface area contributed by atoms with Gasteiger partial charge in [-0.1, -0.05) is 0 Å². The fourth-order valence-corrected chi connectivity index (χ4v) is 2.32. The van der Waals surface area contributed by atoms with Gasteiger partial charge >= 0.3 is 5.97 Å². The molecule has 2 rings (SSSR count). The highest BCUT2D eigenvalue weighted by molar-refractivity contribution is 5.95. The normalized spacial score (nSPS) is 18.3. The molecule has 7 nitrogen and oxygen atoms in total. The van der Waals surface area contributed by atoms with Crippen LogP contribution in [0.25, 0.3) is 0 Å². The summed E-state index contributed by atoms with van der Waals surface area (Å²) in [4.78, 5) is 34.4. The summed E-state index contributed by atoms with van der Waals surface area (Å²) in [5.74, 6) is -3.28. The molecular weight excluding hydrogens is 283 g/mol. The van der Waals surface area contributed by atoms with Gasteiger partial charge in [0.15, 0.2) is 0 Å². The van der Waals surface area contributed by atoms with Crippen molar-refractivity contribution in [2.24, 2.45) is 5.92 Å². The zero-order valence-corrected chi connectivity index (χ0v) is 11.0. The molecule has 1 saturated heterocycles. The zero-order valence-electron chi connectivity index (χ0n) is 11.0.